The van der Waals surface area contributed by atoms with Crippen molar-refractivity contribution in [2.24, 2.45) is 10.9 Å². The first-order valence-corrected chi connectivity index (χ1v) is 9.95. The van der Waals surface area contributed by atoms with Gasteiger partial charge in [-0.25, -0.2) is 0 Å². The maximum absolute atomic E-state index is 12.1. The van der Waals surface area contributed by atoms with E-state index in [1.807, 2.05) is 30.9 Å². The second kappa shape index (κ2) is 12.8. The van der Waals surface area contributed by atoms with Crippen molar-refractivity contribution < 1.29 is 14.3 Å². The van der Waals surface area contributed by atoms with Crippen LogP contribution in [0.4, 0.5) is 0 Å². The summed E-state index contributed by atoms with van der Waals surface area (Å²) < 4.78 is 10.6. The van der Waals surface area contributed by atoms with E-state index in [4.69, 9.17) is 9.47 Å². The number of nitrogens with zero attached hydrogens (tertiary/aromatic N) is 2. The van der Waals surface area contributed by atoms with Gasteiger partial charge in [-0.1, -0.05) is 19.9 Å². The lowest BCUT2D eigenvalue weighted by Crippen LogP contribution is -2.45. The number of methoxy groups -OCH3 is 2. The van der Waals surface area contributed by atoms with Gasteiger partial charge in [-0.05, 0) is 37.0 Å². The van der Waals surface area contributed by atoms with Crippen LogP contribution in [0.25, 0.3) is 0 Å². The van der Waals surface area contributed by atoms with Gasteiger partial charge in [-0.3, -0.25) is 9.79 Å². The molecule has 1 aliphatic rings. The molecule has 7 nitrogen and oxygen atoms in total. The van der Waals surface area contributed by atoms with Crippen LogP contribution in [-0.4, -0.2) is 63.7 Å². The summed E-state index contributed by atoms with van der Waals surface area (Å²) in [6, 6.07) is 6.27. The summed E-state index contributed by atoms with van der Waals surface area (Å²) in [5.41, 5.74) is 1.21. The third-order valence-electron chi connectivity index (χ3n) is 4.94. The lowest BCUT2D eigenvalue weighted by Gasteiger charge is -2.20. The van der Waals surface area contributed by atoms with Gasteiger partial charge >= 0.3 is 0 Å². The van der Waals surface area contributed by atoms with Crippen LogP contribution in [-0.2, 0) is 11.2 Å². The average molecular weight is 518 g/mol. The van der Waals surface area contributed by atoms with Gasteiger partial charge in [-0.15, -0.1) is 24.0 Å². The zero-order chi connectivity index (χ0) is 20.5. The van der Waals surface area contributed by atoms with Crippen molar-refractivity contribution in [3.05, 3.63) is 23.8 Å². The molecule has 0 bridgehead atoms. The molecular weight excluding hydrogens is 483 g/mol. The second-order valence-electron chi connectivity index (χ2n) is 7.36. The minimum absolute atomic E-state index is 0. The third kappa shape index (κ3) is 7.56. The minimum Gasteiger partial charge on any atom is -0.493 e. The molecule has 1 unspecified atom stereocenters. The highest BCUT2D eigenvalue weighted by Crippen LogP contribution is 2.27. The van der Waals surface area contributed by atoms with E-state index in [2.05, 4.69) is 21.7 Å². The van der Waals surface area contributed by atoms with E-state index in [9.17, 15) is 4.79 Å². The smallest absolute Gasteiger partial charge is 0.225 e. The summed E-state index contributed by atoms with van der Waals surface area (Å²) in [7, 11) is 5.07. The lowest BCUT2D eigenvalue weighted by atomic mass is 10.1. The predicted octanol–water partition coefficient (Wildman–Crippen LogP) is 2.68. The topological polar surface area (TPSA) is 75.2 Å². The van der Waals surface area contributed by atoms with E-state index < -0.39 is 0 Å². The Morgan fingerprint density at radius 3 is 2.62 bits per heavy atom. The number of nitrogens with one attached hydrogen (secondary N) is 2. The molecule has 1 aromatic rings. The molecule has 0 aromatic heterocycles. The zero-order valence-electron chi connectivity index (χ0n) is 18.2. The van der Waals surface area contributed by atoms with E-state index in [1.165, 1.54) is 5.56 Å². The second-order valence-corrected chi connectivity index (χ2v) is 7.36. The Bertz CT molecular complexity index is 682. The Kier molecular flexibility index (Phi) is 11.2. The van der Waals surface area contributed by atoms with Crippen molar-refractivity contribution in [2.45, 2.75) is 39.2 Å². The van der Waals surface area contributed by atoms with Gasteiger partial charge in [0.05, 0.1) is 14.2 Å². The number of aliphatic imine (C=N–C) groups is 1. The Morgan fingerprint density at radius 1 is 1.28 bits per heavy atom. The average Bonchev–Trinajstić information content (AvgIpc) is 3.17. The number of hydrogen-bond donors (Lipinski definition) is 2. The van der Waals surface area contributed by atoms with Crippen LogP contribution < -0.4 is 20.1 Å². The first-order chi connectivity index (χ1) is 13.5. The molecule has 8 heteroatoms. The van der Waals surface area contributed by atoms with Crippen LogP contribution in [0.5, 0.6) is 11.5 Å². The molecule has 0 aliphatic carbocycles. The third-order valence-corrected chi connectivity index (χ3v) is 4.94. The number of benzene rings is 1. The van der Waals surface area contributed by atoms with Gasteiger partial charge in [0.25, 0.3) is 0 Å². The van der Waals surface area contributed by atoms with Crippen molar-refractivity contribution in [3.63, 3.8) is 0 Å². The van der Waals surface area contributed by atoms with Gasteiger partial charge < -0.3 is 25.0 Å². The van der Waals surface area contributed by atoms with Gasteiger partial charge in [0.15, 0.2) is 17.5 Å². The molecule has 1 atom stereocenters. The van der Waals surface area contributed by atoms with E-state index in [1.54, 1.807) is 21.3 Å². The number of likely N-dealkylation sites (tertiary alicyclic amines) is 1. The Hall–Kier alpha value is -1.71. The van der Waals surface area contributed by atoms with Crippen molar-refractivity contribution in [1.29, 1.82) is 0 Å². The Labute approximate surface area is 191 Å². The number of aryl methyl sites for hydroxylation is 1. The van der Waals surface area contributed by atoms with Crippen LogP contribution in [0.1, 0.15) is 32.3 Å². The van der Waals surface area contributed by atoms with Gasteiger partial charge in [0.2, 0.25) is 5.91 Å². The molecule has 1 saturated heterocycles. The summed E-state index contributed by atoms with van der Waals surface area (Å²) in [6.07, 6.45) is 2.86. The molecule has 2 N–H and O–H groups in total. The number of carbonyl (C=O) groups excluding carboxylic acids is 1. The van der Waals surface area contributed by atoms with E-state index in [0.717, 1.165) is 56.4 Å². The van der Waals surface area contributed by atoms with Crippen molar-refractivity contribution in [3.8, 4) is 11.5 Å². The molecule has 0 saturated carbocycles. The fourth-order valence-electron chi connectivity index (χ4n) is 3.37. The minimum atomic E-state index is 0. The number of amides is 1. The van der Waals surface area contributed by atoms with E-state index >= 15 is 0 Å². The summed E-state index contributed by atoms with van der Waals surface area (Å²) in [5, 5.41) is 6.79. The summed E-state index contributed by atoms with van der Waals surface area (Å²) in [4.78, 5) is 18.4. The van der Waals surface area contributed by atoms with Crippen LogP contribution in [0, 0.1) is 5.92 Å². The highest BCUT2D eigenvalue weighted by molar-refractivity contribution is 14.0. The first-order valence-electron chi connectivity index (χ1n) is 9.95. The van der Waals surface area contributed by atoms with E-state index in [0.29, 0.717) is 0 Å². The summed E-state index contributed by atoms with van der Waals surface area (Å²) in [6.45, 7) is 6.26. The molecule has 0 spiro atoms. The molecule has 1 amide bonds. The van der Waals surface area contributed by atoms with Crippen molar-refractivity contribution in [2.75, 3.05) is 40.9 Å². The number of halogens is 1. The standard InChI is InChI=1S/C21H34N4O3.HI/c1-15(2)20(26)25-12-10-17(14-25)24-21(22-3)23-11-6-7-16-8-9-18(27-4)19(13-16)28-5;/h8-9,13,15,17H,6-7,10-12,14H2,1-5H3,(H2,22,23,24);1H. The number of ether oxygens (including phenoxy) is 2. The molecule has 29 heavy (non-hydrogen) atoms. The quantitative estimate of drug-likeness (QED) is 0.240. The monoisotopic (exact) mass is 518 g/mol. The summed E-state index contributed by atoms with van der Waals surface area (Å²) >= 11 is 0. The molecule has 1 fully saturated rings. The van der Waals surface area contributed by atoms with Crippen LogP contribution >= 0.6 is 24.0 Å². The van der Waals surface area contributed by atoms with Crippen LogP contribution in [0.3, 0.4) is 0 Å². The fourth-order valence-corrected chi connectivity index (χ4v) is 3.37. The first kappa shape index (κ1) is 25.3. The number of carbonyl (C=O) groups is 1. The molecule has 1 aliphatic heterocycles. The maximum atomic E-state index is 12.1. The van der Waals surface area contributed by atoms with Crippen LogP contribution in [0.2, 0.25) is 0 Å². The molecular formula is C21H35IN4O3. The van der Waals surface area contributed by atoms with Gasteiger partial charge in [0.1, 0.15) is 0 Å². The SMILES string of the molecule is CN=C(NCCCc1ccc(OC)c(OC)c1)NC1CCN(C(=O)C(C)C)C1.I. The van der Waals surface area contributed by atoms with Gasteiger partial charge in [-0.2, -0.15) is 0 Å². The van der Waals surface area contributed by atoms with Crippen LogP contribution in [0.15, 0.2) is 23.2 Å². The molecule has 164 valence electrons. The Morgan fingerprint density at radius 2 is 2.00 bits per heavy atom. The van der Waals surface area contributed by atoms with Crippen molar-refractivity contribution >= 4 is 35.8 Å². The van der Waals surface area contributed by atoms with E-state index in [-0.39, 0.29) is 41.8 Å². The largest absolute Gasteiger partial charge is 0.493 e. The normalized spacial score (nSPS) is 16.4. The predicted molar refractivity (Wildman–Crippen MR) is 128 cm³/mol. The zero-order valence-corrected chi connectivity index (χ0v) is 20.5. The Balaban J connectivity index is 0.00000420. The number of hydrogen-bond acceptors (Lipinski definition) is 4. The molecule has 0 radical (unpaired) electrons. The lowest BCUT2D eigenvalue weighted by molar-refractivity contribution is -0.133. The molecule has 2 rings (SSSR count). The number of guanidine groups is 1. The maximum Gasteiger partial charge on any atom is 0.225 e. The molecule has 1 aromatic carbocycles. The number of rotatable bonds is 8. The highest BCUT2D eigenvalue weighted by atomic mass is 127. The van der Waals surface area contributed by atoms with Crippen molar-refractivity contribution in [1.82, 2.24) is 15.5 Å². The molecule has 1 heterocycles. The summed E-state index contributed by atoms with van der Waals surface area (Å²) in [5.74, 6) is 2.56. The highest BCUT2D eigenvalue weighted by Gasteiger charge is 2.27. The fraction of sp³-hybridized carbons (Fsp3) is 0.619. The van der Waals surface area contributed by atoms with Gasteiger partial charge in [0, 0.05) is 38.6 Å².